The first-order chi connectivity index (χ1) is 9.53. The summed E-state index contributed by atoms with van der Waals surface area (Å²) in [6.07, 6.45) is 2.81. The summed E-state index contributed by atoms with van der Waals surface area (Å²) >= 11 is 5.85. The van der Waals surface area contributed by atoms with Crippen molar-refractivity contribution in [2.75, 3.05) is 19.6 Å². The molecule has 5 nitrogen and oxygen atoms in total. The van der Waals surface area contributed by atoms with E-state index in [4.69, 9.17) is 16.9 Å². The molecule has 21 heavy (non-hydrogen) atoms. The van der Waals surface area contributed by atoms with Gasteiger partial charge in [0.1, 0.15) is 6.07 Å². The van der Waals surface area contributed by atoms with Gasteiger partial charge in [-0.1, -0.05) is 23.3 Å². The largest absolute Gasteiger partial charge is 0.313 e. The first kappa shape index (κ1) is 18.0. The van der Waals surface area contributed by atoms with Crippen LogP contribution in [0.4, 0.5) is 0 Å². The molecule has 1 aliphatic rings. The molecule has 0 saturated heterocycles. The molecule has 0 unspecified atom stereocenters. The highest BCUT2D eigenvalue weighted by molar-refractivity contribution is 7.89. The first-order valence-electron chi connectivity index (χ1n) is 6.11. The fourth-order valence-electron chi connectivity index (χ4n) is 1.85. The van der Waals surface area contributed by atoms with Crippen molar-refractivity contribution in [2.24, 2.45) is 0 Å². The molecule has 8 heteroatoms. The van der Waals surface area contributed by atoms with Gasteiger partial charge in [0.2, 0.25) is 10.0 Å². The molecular weight excluding hydrogens is 333 g/mol. The number of sulfonamides is 1. The van der Waals surface area contributed by atoms with Crippen molar-refractivity contribution in [2.45, 2.75) is 11.3 Å². The fraction of sp³-hybridized carbons (Fsp3) is 0.308. The Kier molecular flexibility index (Phi) is 6.65. The van der Waals surface area contributed by atoms with Crippen molar-refractivity contribution in [3.63, 3.8) is 0 Å². The van der Waals surface area contributed by atoms with Crippen molar-refractivity contribution >= 4 is 34.0 Å². The van der Waals surface area contributed by atoms with Gasteiger partial charge in [0.25, 0.3) is 0 Å². The van der Waals surface area contributed by atoms with Gasteiger partial charge < -0.3 is 5.32 Å². The normalized spacial score (nSPS) is 14.8. The van der Waals surface area contributed by atoms with E-state index < -0.39 is 10.0 Å². The number of nitrogens with zero attached hydrogens (tertiary/aromatic N) is 1. The number of hydrogen-bond donors (Lipinski definition) is 2. The third-order valence-corrected chi connectivity index (χ3v) is 4.73. The zero-order valence-electron chi connectivity index (χ0n) is 11.1. The molecule has 2 rings (SSSR count). The maximum Gasteiger partial charge on any atom is 0.240 e. The van der Waals surface area contributed by atoms with E-state index in [9.17, 15) is 8.42 Å². The number of benzene rings is 1. The van der Waals surface area contributed by atoms with Gasteiger partial charge >= 0.3 is 0 Å². The van der Waals surface area contributed by atoms with Gasteiger partial charge in [-0.3, -0.25) is 0 Å². The zero-order valence-corrected chi connectivity index (χ0v) is 13.5. The van der Waals surface area contributed by atoms with Gasteiger partial charge in [0.05, 0.1) is 15.5 Å². The van der Waals surface area contributed by atoms with Crippen LogP contribution in [0.5, 0.6) is 0 Å². The highest BCUT2D eigenvalue weighted by Crippen LogP contribution is 2.20. The average molecular weight is 348 g/mol. The van der Waals surface area contributed by atoms with Crippen LogP contribution in [0.2, 0.25) is 5.02 Å². The van der Waals surface area contributed by atoms with E-state index in [-0.39, 0.29) is 27.9 Å². The standard InChI is InChI=1S/C13H14ClN3O2S.ClH/c14-13-7-12(2-1-11(13)8-15)20(18,19)17-9-10-3-5-16-6-4-10;/h1-3,7,16-17H,4-6,9H2;1H. The lowest BCUT2D eigenvalue weighted by Crippen LogP contribution is -2.29. The molecule has 0 radical (unpaired) electrons. The Morgan fingerprint density at radius 2 is 2.19 bits per heavy atom. The van der Waals surface area contributed by atoms with Crippen molar-refractivity contribution in [3.05, 3.63) is 40.4 Å². The lowest BCUT2D eigenvalue weighted by Gasteiger charge is -2.14. The smallest absolute Gasteiger partial charge is 0.240 e. The third kappa shape index (κ3) is 4.70. The maximum absolute atomic E-state index is 12.1. The van der Waals surface area contributed by atoms with E-state index in [2.05, 4.69) is 10.0 Å². The van der Waals surface area contributed by atoms with Gasteiger partial charge in [-0.05, 0) is 31.2 Å². The Labute approximate surface area is 135 Å². The summed E-state index contributed by atoms with van der Waals surface area (Å²) < 4.78 is 26.8. The molecule has 0 amide bonds. The van der Waals surface area contributed by atoms with Crippen molar-refractivity contribution in [1.82, 2.24) is 10.0 Å². The van der Waals surface area contributed by atoms with Crippen molar-refractivity contribution in [3.8, 4) is 6.07 Å². The predicted molar refractivity (Wildman–Crippen MR) is 84.2 cm³/mol. The Bertz CT molecular complexity index is 681. The Balaban J connectivity index is 0.00000220. The lowest BCUT2D eigenvalue weighted by atomic mass is 10.1. The summed E-state index contributed by atoms with van der Waals surface area (Å²) in [5.74, 6) is 0. The summed E-state index contributed by atoms with van der Waals surface area (Å²) in [6.45, 7) is 1.91. The molecule has 0 spiro atoms. The molecule has 0 fully saturated rings. The molecular formula is C13H15Cl2N3O2S. The topological polar surface area (TPSA) is 82.0 Å². The van der Waals surface area contributed by atoms with Crippen LogP contribution >= 0.6 is 24.0 Å². The van der Waals surface area contributed by atoms with Crippen LogP contribution in [-0.4, -0.2) is 28.1 Å². The predicted octanol–water partition coefficient (Wildman–Crippen LogP) is 1.83. The molecule has 1 heterocycles. The Hall–Kier alpha value is -1.10. The van der Waals surface area contributed by atoms with Crippen LogP contribution in [0.1, 0.15) is 12.0 Å². The molecule has 0 bridgehead atoms. The van der Waals surface area contributed by atoms with E-state index in [1.54, 1.807) is 0 Å². The molecule has 2 N–H and O–H groups in total. The molecule has 1 aromatic carbocycles. The van der Waals surface area contributed by atoms with E-state index >= 15 is 0 Å². The van der Waals surface area contributed by atoms with E-state index in [0.29, 0.717) is 6.54 Å². The number of rotatable bonds is 4. The summed E-state index contributed by atoms with van der Waals surface area (Å²) in [7, 11) is -3.61. The monoisotopic (exact) mass is 347 g/mol. The summed E-state index contributed by atoms with van der Waals surface area (Å²) in [4.78, 5) is 0.0658. The van der Waals surface area contributed by atoms with Crippen molar-refractivity contribution in [1.29, 1.82) is 5.26 Å². The molecule has 114 valence electrons. The van der Waals surface area contributed by atoms with E-state index in [1.165, 1.54) is 18.2 Å². The fourth-order valence-corrected chi connectivity index (χ4v) is 3.20. The maximum atomic E-state index is 12.1. The van der Waals surface area contributed by atoms with E-state index in [0.717, 1.165) is 25.1 Å². The minimum absolute atomic E-state index is 0. The first-order valence-corrected chi connectivity index (χ1v) is 7.97. The number of nitriles is 1. The van der Waals surface area contributed by atoms with Crippen LogP contribution in [0.15, 0.2) is 34.7 Å². The highest BCUT2D eigenvalue weighted by atomic mass is 35.5. The van der Waals surface area contributed by atoms with Gasteiger partial charge in [-0.25, -0.2) is 13.1 Å². The van der Waals surface area contributed by atoms with Gasteiger partial charge in [-0.2, -0.15) is 5.26 Å². The second-order valence-electron chi connectivity index (χ2n) is 4.39. The second-order valence-corrected chi connectivity index (χ2v) is 6.57. The number of halogens is 2. The van der Waals surface area contributed by atoms with Gasteiger partial charge in [0.15, 0.2) is 0 Å². The van der Waals surface area contributed by atoms with Crippen LogP contribution in [0.3, 0.4) is 0 Å². The molecule has 1 aromatic rings. The summed E-state index contributed by atoms with van der Waals surface area (Å²) in [6, 6.07) is 5.97. The molecule has 0 aliphatic carbocycles. The van der Waals surface area contributed by atoms with Gasteiger partial charge in [-0.15, -0.1) is 12.4 Å². The van der Waals surface area contributed by atoms with Crippen LogP contribution in [-0.2, 0) is 10.0 Å². The highest BCUT2D eigenvalue weighted by Gasteiger charge is 2.16. The zero-order chi connectivity index (χ0) is 14.6. The summed E-state index contributed by atoms with van der Waals surface area (Å²) in [5.41, 5.74) is 1.32. The van der Waals surface area contributed by atoms with Gasteiger partial charge in [0, 0.05) is 13.1 Å². The lowest BCUT2D eigenvalue weighted by molar-refractivity contribution is 0.582. The molecule has 0 aromatic heterocycles. The SMILES string of the molecule is Cl.N#Cc1ccc(S(=O)(=O)NCC2=CCNCC2)cc1Cl. The minimum atomic E-state index is -3.61. The third-order valence-electron chi connectivity index (χ3n) is 3.02. The summed E-state index contributed by atoms with van der Waals surface area (Å²) in [5, 5.41) is 12.1. The van der Waals surface area contributed by atoms with Crippen LogP contribution < -0.4 is 10.0 Å². The van der Waals surface area contributed by atoms with Crippen LogP contribution in [0, 0.1) is 11.3 Å². The number of hydrogen-bond acceptors (Lipinski definition) is 4. The average Bonchev–Trinajstić information content (AvgIpc) is 2.46. The second kappa shape index (κ2) is 7.78. The molecule has 0 saturated carbocycles. The Morgan fingerprint density at radius 1 is 1.43 bits per heavy atom. The molecule has 0 atom stereocenters. The van der Waals surface area contributed by atoms with Crippen molar-refractivity contribution < 1.29 is 8.42 Å². The quantitative estimate of drug-likeness (QED) is 0.814. The molecule has 1 aliphatic heterocycles. The minimum Gasteiger partial charge on any atom is -0.313 e. The Morgan fingerprint density at radius 3 is 2.76 bits per heavy atom. The number of nitrogens with one attached hydrogen (secondary N) is 2. The van der Waals surface area contributed by atoms with Crippen LogP contribution in [0.25, 0.3) is 0 Å². The van der Waals surface area contributed by atoms with E-state index in [1.807, 2.05) is 12.1 Å².